The molecule has 0 radical (unpaired) electrons. The van der Waals surface area contributed by atoms with Crippen molar-refractivity contribution in [3.8, 4) is 0 Å². The molecule has 7 nitrogen and oxygen atoms in total. The standard InChI is InChI=1S/C25H34FN3O4S/c1-6-14-27-25(31)22(7-2)28(16-20-9-11-21(26)12-10-20)24(30)17-29(34(5,32)33)23-13-8-18(3)15-19(23)4/h8-13,15,22H,6-7,14,16-17H2,1-5H3,(H,27,31)/t22-/m1/s1. The monoisotopic (exact) mass is 491 g/mol. The fourth-order valence-corrected chi connectivity index (χ4v) is 4.66. The topological polar surface area (TPSA) is 86.8 Å². The lowest BCUT2D eigenvalue weighted by Crippen LogP contribution is -2.52. The molecule has 2 aromatic rings. The van der Waals surface area contributed by atoms with Gasteiger partial charge in [0.25, 0.3) is 0 Å². The van der Waals surface area contributed by atoms with Crippen molar-refractivity contribution in [3.63, 3.8) is 0 Å². The van der Waals surface area contributed by atoms with Crippen LogP contribution in [-0.4, -0.2) is 50.5 Å². The molecule has 1 atom stereocenters. The average molecular weight is 492 g/mol. The Morgan fingerprint density at radius 2 is 1.71 bits per heavy atom. The Morgan fingerprint density at radius 3 is 2.24 bits per heavy atom. The van der Waals surface area contributed by atoms with Gasteiger partial charge in [0, 0.05) is 13.1 Å². The number of hydrogen-bond donors (Lipinski definition) is 1. The molecule has 0 heterocycles. The fraction of sp³-hybridized carbons (Fsp3) is 0.440. The minimum atomic E-state index is -3.79. The second kappa shape index (κ2) is 12.0. The molecule has 0 unspecified atom stereocenters. The molecule has 0 spiro atoms. The van der Waals surface area contributed by atoms with E-state index in [0.717, 1.165) is 28.1 Å². The molecule has 186 valence electrons. The minimum absolute atomic E-state index is 0.0433. The van der Waals surface area contributed by atoms with Gasteiger partial charge in [-0.25, -0.2) is 12.8 Å². The minimum Gasteiger partial charge on any atom is -0.354 e. The number of carbonyl (C=O) groups excluding carboxylic acids is 2. The smallest absolute Gasteiger partial charge is 0.244 e. The van der Waals surface area contributed by atoms with Crippen LogP contribution in [0.2, 0.25) is 0 Å². The van der Waals surface area contributed by atoms with Gasteiger partial charge in [0.2, 0.25) is 21.8 Å². The van der Waals surface area contributed by atoms with Crippen LogP contribution in [0.3, 0.4) is 0 Å². The summed E-state index contributed by atoms with van der Waals surface area (Å²) in [5.41, 5.74) is 2.73. The van der Waals surface area contributed by atoms with Crippen LogP contribution in [-0.2, 0) is 26.2 Å². The lowest BCUT2D eigenvalue weighted by atomic mass is 10.1. The summed E-state index contributed by atoms with van der Waals surface area (Å²) in [4.78, 5) is 27.8. The van der Waals surface area contributed by atoms with Crippen molar-refractivity contribution in [1.29, 1.82) is 0 Å². The van der Waals surface area contributed by atoms with Gasteiger partial charge >= 0.3 is 0 Å². The van der Waals surface area contributed by atoms with E-state index in [0.29, 0.717) is 24.2 Å². The lowest BCUT2D eigenvalue weighted by Gasteiger charge is -2.33. The van der Waals surface area contributed by atoms with Crippen LogP contribution >= 0.6 is 0 Å². The molecular formula is C25H34FN3O4S. The van der Waals surface area contributed by atoms with E-state index in [1.54, 1.807) is 38.1 Å². The maximum absolute atomic E-state index is 13.6. The van der Waals surface area contributed by atoms with Crippen molar-refractivity contribution >= 4 is 27.5 Å². The van der Waals surface area contributed by atoms with E-state index < -0.39 is 34.3 Å². The third-order valence-electron chi connectivity index (χ3n) is 5.50. The first-order chi connectivity index (χ1) is 16.0. The average Bonchev–Trinajstić information content (AvgIpc) is 2.76. The SMILES string of the molecule is CCCNC(=O)[C@@H](CC)N(Cc1ccc(F)cc1)C(=O)CN(c1ccc(C)cc1C)S(C)(=O)=O. The van der Waals surface area contributed by atoms with Gasteiger partial charge in [-0.2, -0.15) is 0 Å². The number of nitrogens with one attached hydrogen (secondary N) is 1. The molecule has 0 fully saturated rings. The molecule has 0 aliphatic carbocycles. The number of aryl methyl sites for hydroxylation is 2. The largest absolute Gasteiger partial charge is 0.354 e. The Bertz CT molecular complexity index is 1100. The van der Waals surface area contributed by atoms with E-state index in [9.17, 15) is 22.4 Å². The highest BCUT2D eigenvalue weighted by molar-refractivity contribution is 7.92. The lowest BCUT2D eigenvalue weighted by molar-refractivity contribution is -0.140. The molecular weight excluding hydrogens is 457 g/mol. The highest BCUT2D eigenvalue weighted by Crippen LogP contribution is 2.24. The van der Waals surface area contributed by atoms with Gasteiger partial charge in [-0.1, -0.05) is 43.7 Å². The van der Waals surface area contributed by atoms with Gasteiger partial charge in [0.15, 0.2) is 0 Å². The predicted molar refractivity (Wildman–Crippen MR) is 132 cm³/mol. The van der Waals surface area contributed by atoms with E-state index in [2.05, 4.69) is 5.32 Å². The molecule has 2 amide bonds. The zero-order chi connectivity index (χ0) is 25.5. The number of amides is 2. The van der Waals surface area contributed by atoms with Crippen molar-refractivity contribution in [2.45, 2.75) is 53.1 Å². The molecule has 0 bridgehead atoms. The third kappa shape index (κ3) is 7.28. The molecule has 2 aromatic carbocycles. The van der Waals surface area contributed by atoms with Gasteiger partial charge < -0.3 is 10.2 Å². The summed E-state index contributed by atoms with van der Waals surface area (Å²) in [7, 11) is -3.79. The zero-order valence-corrected chi connectivity index (χ0v) is 21.3. The summed E-state index contributed by atoms with van der Waals surface area (Å²) in [6.07, 6.45) is 2.13. The number of nitrogens with zero attached hydrogens (tertiary/aromatic N) is 2. The van der Waals surface area contributed by atoms with Gasteiger partial charge in [-0.3, -0.25) is 13.9 Å². The van der Waals surface area contributed by atoms with Crippen LogP contribution in [0.15, 0.2) is 42.5 Å². The number of benzene rings is 2. The Balaban J connectivity index is 2.44. The summed E-state index contributed by atoms with van der Waals surface area (Å²) in [6, 6.07) is 10.2. The Kier molecular flexibility index (Phi) is 9.61. The number of rotatable bonds is 11. The normalized spacial score (nSPS) is 12.2. The van der Waals surface area contributed by atoms with E-state index in [-0.39, 0.29) is 12.5 Å². The summed E-state index contributed by atoms with van der Waals surface area (Å²) in [5, 5.41) is 2.82. The molecule has 0 saturated heterocycles. The van der Waals surface area contributed by atoms with Crippen LogP contribution in [0.4, 0.5) is 10.1 Å². The second-order valence-electron chi connectivity index (χ2n) is 8.42. The summed E-state index contributed by atoms with van der Waals surface area (Å²) >= 11 is 0. The van der Waals surface area contributed by atoms with Crippen molar-refractivity contribution < 1.29 is 22.4 Å². The van der Waals surface area contributed by atoms with Crippen LogP contribution in [0, 0.1) is 19.7 Å². The van der Waals surface area contributed by atoms with Crippen molar-refractivity contribution in [1.82, 2.24) is 10.2 Å². The molecule has 0 saturated carbocycles. The highest BCUT2D eigenvalue weighted by Gasteiger charge is 2.32. The number of sulfonamides is 1. The van der Waals surface area contributed by atoms with Crippen LogP contribution in [0.25, 0.3) is 0 Å². The maximum atomic E-state index is 13.6. The summed E-state index contributed by atoms with van der Waals surface area (Å²) < 4.78 is 39.8. The van der Waals surface area contributed by atoms with Gasteiger partial charge in [0.1, 0.15) is 18.4 Å². The first-order valence-corrected chi connectivity index (χ1v) is 13.2. The molecule has 9 heteroatoms. The highest BCUT2D eigenvalue weighted by atomic mass is 32.2. The number of halogens is 1. The third-order valence-corrected chi connectivity index (χ3v) is 6.63. The van der Waals surface area contributed by atoms with Crippen LogP contribution in [0.1, 0.15) is 43.4 Å². The quantitative estimate of drug-likeness (QED) is 0.521. The Hall–Kier alpha value is -2.94. The maximum Gasteiger partial charge on any atom is 0.244 e. The van der Waals surface area contributed by atoms with Crippen molar-refractivity contribution in [3.05, 3.63) is 65.0 Å². The predicted octanol–water partition coefficient (Wildman–Crippen LogP) is 3.54. The first kappa shape index (κ1) is 27.3. The number of anilines is 1. The number of carbonyl (C=O) groups is 2. The van der Waals surface area contributed by atoms with Crippen molar-refractivity contribution in [2.24, 2.45) is 0 Å². The summed E-state index contributed by atoms with van der Waals surface area (Å²) in [5.74, 6) is -1.24. The van der Waals surface area contributed by atoms with E-state index in [1.807, 2.05) is 19.9 Å². The van der Waals surface area contributed by atoms with Crippen molar-refractivity contribution in [2.75, 3.05) is 23.7 Å². The molecule has 0 aliphatic heterocycles. The second-order valence-corrected chi connectivity index (χ2v) is 10.3. The van der Waals surface area contributed by atoms with E-state index in [4.69, 9.17) is 0 Å². The Labute approximate surface area is 202 Å². The molecule has 0 aliphatic rings. The Morgan fingerprint density at radius 1 is 1.06 bits per heavy atom. The fourth-order valence-electron chi connectivity index (χ4n) is 3.75. The molecule has 1 N–H and O–H groups in total. The van der Waals surface area contributed by atoms with Gasteiger partial charge in [-0.15, -0.1) is 0 Å². The number of hydrogen-bond acceptors (Lipinski definition) is 4. The van der Waals surface area contributed by atoms with Crippen LogP contribution < -0.4 is 9.62 Å². The summed E-state index contributed by atoms with van der Waals surface area (Å²) in [6.45, 7) is 7.46. The van der Waals surface area contributed by atoms with Gasteiger partial charge in [-0.05, 0) is 56.0 Å². The molecule has 0 aromatic heterocycles. The van der Waals surface area contributed by atoms with E-state index >= 15 is 0 Å². The molecule has 2 rings (SSSR count). The van der Waals surface area contributed by atoms with Crippen LogP contribution in [0.5, 0.6) is 0 Å². The van der Waals surface area contributed by atoms with Gasteiger partial charge in [0.05, 0.1) is 11.9 Å². The van der Waals surface area contributed by atoms with E-state index in [1.165, 1.54) is 17.0 Å². The first-order valence-electron chi connectivity index (χ1n) is 11.3. The zero-order valence-electron chi connectivity index (χ0n) is 20.5. The molecule has 34 heavy (non-hydrogen) atoms.